The number of Topliss-reactive ketones (excluding diaryl/α,β-unsaturated/α-hetero) is 1. The maximum absolute atomic E-state index is 11.6. The van der Waals surface area contributed by atoms with E-state index in [-0.39, 0.29) is 22.4 Å². The van der Waals surface area contributed by atoms with E-state index in [1.165, 1.54) is 19.1 Å². The minimum atomic E-state index is -4.44. The molecule has 0 bridgehead atoms. The van der Waals surface area contributed by atoms with Crippen LogP contribution in [0, 0.1) is 0 Å². The minimum Gasteiger partial charge on any atom is -0.505 e. The second kappa shape index (κ2) is 4.22. The standard InChI is InChI=1S/C12H11NO5S/c1-6(14)9-5-8(19(16,17)18)4-7-2-3-10(13)12(15)11(7)9/h2-5,15H,13H2,1H3,(H,16,17,18). The maximum atomic E-state index is 11.6. The van der Waals surface area contributed by atoms with Gasteiger partial charge in [-0.3, -0.25) is 9.35 Å². The lowest BCUT2D eigenvalue weighted by Crippen LogP contribution is -2.03. The number of hydrogen-bond donors (Lipinski definition) is 3. The number of anilines is 1. The summed E-state index contributed by atoms with van der Waals surface area (Å²) in [4.78, 5) is 11.2. The van der Waals surface area contributed by atoms with Crippen LogP contribution in [0.5, 0.6) is 5.75 Å². The molecule has 0 aliphatic rings. The van der Waals surface area contributed by atoms with Gasteiger partial charge >= 0.3 is 0 Å². The summed E-state index contributed by atoms with van der Waals surface area (Å²) in [7, 11) is -4.44. The molecule has 2 rings (SSSR count). The van der Waals surface area contributed by atoms with Gasteiger partial charge in [0, 0.05) is 10.9 Å². The molecule has 0 heterocycles. The lowest BCUT2D eigenvalue weighted by atomic mass is 10.0. The first kappa shape index (κ1) is 13.3. The van der Waals surface area contributed by atoms with Gasteiger partial charge in [-0.2, -0.15) is 8.42 Å². The quantitative estimate of drug-likeness (QED) is 0.333. The SMILES string of the molecule is CC(=O)c1cc(S(=O)(=O)O)cc2ccc(N)c(O)c12. The zero-order chi connectivity index (χ0) is 14.4. The Morgan fingerprint density at radius 3 is 2.42 bits per heavy atom. The average Bonchev–Trinajstić information content (AvgIpc) is 2.31. The van der Waals surface area contributed by atoms with Gasteiger partial charge in [-0.05, 0) is 30.5 Å². The Morgan fingerprint density at radius 1 is 1.26 bits per heavy atom. The fourth-order valence-corrected chi connectivity index (χ4v) is 2.40. The summed E-state index contributed by atoms with van der Waals surface area (Å²) in [6, 6.07) is 5.02. The van der Waals surface area contributed by atoms with E-state index >= 15 is 0 Å². The summed E-state index contributed by atoms with van der Waals surface area (Å²) >= 11 is 0. The molecule has 2 aromatic carbocycles. The van der Waals surface area contributed by atoms with Crippen LogP contribution in [-0.2, 0) is 10.1 Å². The van der Waals surface area contributed by atoms with Crippen LogP contribution in [0.1, 0.15) is 17.3 Å². The third kappa shape index (κ3) is 2.25. The zero-order valence-corrected chi connectivity index (χ0v) is 10.7. The van der Waals surface area contributed by atoms with Crippen molar-refractivity contribution in [2.45, 2.75) is 11.8 Å². The van der Waals surface area contributed by atoms with Gasteiger partial charge in [0.15, 0.2) is 5.78 Å². The smallest absolute Gasteiger partial charge is 0.294 e. The lowest BCUT2D eigenvalue weighted by molar-refractivity contribution is 0.101. The van der Waals surface area contributed by atoms with Crippen LogP contribution in [0.2, 0.25) is 0 Å². The number of carbonyl (C=O) groups excluding carboxylic acids is 1. The first-order chi connectivity index (χ1) is 8.71. The Labute approximate surface area is 109 Å². The molecule has 0 aliphatic carbocycles. The van der Waals surface area contributed by atoms with E-state index in [9.17, 15) is 18.3 Å². The van der Waals surface area contributed by atoms with Crippen LogP contribution in [0.4, 0.5) is 5.69 Å². The summed E-state index contributed by atoms with van der Waals surface area (Å²) < 4.78 is 31.4. The Morgan fingerprint density at radius 2 is 1.89 bits per heavy atom. The van der Waals surface area contributed by atoms with Gasteiger partial charge in [-0.15, -0.1) is 0 Å². The van der Waals surface area contributed by atoms with Crippen LogP contribution < -0.4 is 5.73 Å². The number of benzene rings is 2. The number of nitrogens with two attached hydrogens (primary N) is 1. The highest BCUT2D eigenvalue weighted by Gasteiger charge is 2.18. The Bertz CT molecular complexity index is 795. The number of aromatic hydroxyl groups is 1. The van der Waals surface area contributed by atoms with E-state index in [4.69, 9.17) is 10.3 Å². The van der Waals surface area contributed by atoms with E-state index in [1.807, 2.05) is 0 Å². The predicted molar refractivity (Wildman–Crippen MR) is 69.8 cm³/mol. The van der Waals surface area contributed by atoms with Gasteiger partial charge in [0.25, 0.3) is 10.1 Å². The number of phenolic OH excluding ortho intramolecular Hbond substituents is 1. The zero-order valence-electron chi connectivity index (χ0n) is 9.91. The van der Waals surface area contributed by atoms with E-state index in [0.717, 1.165) is 12.1 Å². The molecule has 7 heteroatoms. The third-order valence-electron chi connectivity index (χ3n) is 2.77. The van der Waals surface area contributed by atoms with Crippen LogP contribution in [0.25, 0.3) is 10.8 Å². The first-order valence-electron chi connectivity index (χ1n) is 5.25. The minimum absolute atomic E-state index is 0.0186. The molecule has 0 unspecified atom stereocenters. The lowest BCUT2D eigenvalue weighted by Gasteiger charge is -2.10. The molecule has 0 amide bonds. The van der Waals surface area contributed by atoms with Crippen molar-refractivity contribution in [2.75, 3.05) is 5.73 Å². The largest absolute Gasteiger partial charge is 0.505 e. The first-order valence-corrected chi connectivity index (χ1v) is 6.69. The molecule has 0 saturated heterocycles. The van der Waals surface area contributed by atoms with Crippen molar-refractivity contribution in [3.8, 4) is 5.75 Å². The Balaban J connectivity index is 3.00. The predicted octanol–water partition coefficient (Wildman–Crippen LogP) is 1.58. The van der Waals surface area contributed by atoms with Gasteiger partial charge in [0.1, 0.15) is 5.75 Å². The normalized spacial score (nSPS) is 11.7. The Kier molecular flexibility index (Phi) is 2.95. The van der Waals surface area contributed by atoms with Crippen molar-refractivity contribution >= 4 is 32.4 Å². The van der Waals surface area contributed by atoms with Gasteiger partial charge in [0.2, 0.25) is 0 Å². The van der Waals surface area contributed by atoms with Crippen LogP contribution in [0.15, 0.2) is 29.2 Å². The number of carbonyl (C=O) groups is 1. The number of phenols is 1. The summed E-state index contributed by atoms with van der Waals surface area (Å²) in [6.45, 7) is 1.23. The molecule has 4 N–H and O–H groups in total. The summed E-state index contributed by atoms with van der Waals surface area (Å²) in [5.74, 6) is -0.735. The molecule has 0 radical (unpaired) electrons. The Hall–Kier alpha value is -2.12. The number of fused-ring (bicyclic) bond motifs is 1. The number of hydrogen-bond acceptors (Lipinski definition) is 5. The number of nitrogen functional groups attached to an aromatic ring is 1. The van der Waals surface area contributed by atoms with Gasteiger partial charge in [-0.25, -0.2) is 0 Å². The molecular weight excluding hydrogens is 270 g/mol. The number of rotatable bonds is 2. The molecule has 6 nitrogen and oxygen atoms in total. The van der Waals surface area contributed by atoms with Crippen molar-refractivity contribution in [3.05, 3.63) is 29.8 Å². The molecule has 100 valence electrons. The van der Waals surface area contributed by atoms with Crippen LogP contribution in [0.3, 0.4) is 0 Å². The second-order valence-electron chi connectivity index (χ2n) is 4.10. The van der Waals surface area contributed by atoms with E-state index in [0.29, 0.717) is 5.39 Å². The topological polar surface area (TPSA) is 118 Å². The van der Waals surface area contributed by atoms with Crippen molar-refractivity contribution < 1.29 is 22.9 Å². The maximum Gasteiger partial charge on any atom is 0.294 e. The molecule has 0 aliphatic heterocycles. The van der Waals surface area contributed by atoms with Gasteiger partial charge in [-0.1, -0.05) is 6.07 Å². The highest BCUT2D eigenvalue weighted by atomic mass is 32.2. The van der Waals surface area contributed by atoms with E-state index in [1.54, 1.807) is 0 Å². The molecule has 19 heavy (non-hydrogen) atoms. The summed E-state index contributed by atoms with van der Waals surface area (Å²) in [5.41, 5.74) is 5.61. The van der Waals surface area contributed by atoms with Gasteiger partial charge < -0.3 is 10.8 Å². The molecule has 0 spiro atoms. The van der Waals surface area contributed by atoms with Crippen molar-refractivity contribution in [1.82, 2.24) is 0 Å². The van der Waals surface area contributed by atoms with Gasteiger partial charge in [0.05, 0.1) is 10.6 Å². The highest BCUT2D eigenvalue weighted by Crippen LogP contribution is 2.35. The fraction of sp³-hybridized carbons (Fsp3) is 0.0833. The molecule has 0 atom stereocenters. The molecule has 0 aromatic heterocycles. The summed E-state index contributed by atoms with van der Waals surface area (Å²) in [6.07, 6.45) is 0. The molecule has 2 aromatic rings. The van der Waals surface area contributed by atoms with Crippen LogP contribution in [-0.4, -0.2) is 23.9 Å². The molecule has 0 saturated carbocycles. The third-order valence-corrected chi connectivity index (χ3v) is 3.60. The summed E-state index contributed by atoms with van der Waals surface area (Å²) in [5, 5.41) is 10.4. The molecular formula is C12H11NO5S. The molecule has 0 fully saturated rings. The van der Waals surface area contributed by atoms with Crippen LogP contribution >= 0.6 is 0 Å². The average molecular weight is 281 g/mol. The monoisotopic (exact) mass is 281 g/mol. The van der Waals surface area contributed by atoms with Crippen molar-refractivity contribution in [2.24, 2.45) is 0 Å². The van der Waals surface area contributed by atoms with Crippen molar-refractivity contribution in [1.29, 1.82) is 0 Å². The second-order valence-corrected chi connectivity index (χ2v) is 5.53. The number of ketones is 1. The fourth-order valence-electron chi connectivity index (χ4n) is 1.86. The van der Waals surface area contributed by atoms with Crippen molar-refractivity contribution in [3.63, 3.8) is 0 Å². The van der Waals surface area contributed by atoms with E-state index < -0.39 is 20.8 Å². The van der Waals surface area contributed by atoms with E-state index in [2.05, 4.69) is 0 Å². The highest BCUT2D eigenvalue weighted by molar-refractivity contribution is 7.85.